The maximum Gasteiger partial charge on any atom is 0.472 e. The molecule has 0 aromatic heterocycles. The lowest BCUT2D eigenvalue weighted by Crippen LogP contribution is -2.30. The Morgan fingerprint density at radius 2 is 0.466 bits per heavy atom. The summed E-state index contributed by atoms with van der Waals surface area (Å²) in [6, 6.07) is 0. The first-order valence-corrected chi connectivity index (χ1v) is 46.7. The molecule has 612 valence electrons. The fraction of sp³-hybridized carbons (Fsp3) is 0.952. The lowest BCUT2D eigenvalue weighted by molar-refractivity contribution is -0.161. The minimum atomic E-state index is -4.96. The van der Waals surface area contributed by atoms with Gasteiger partial charge in [0, 0.05) is 25.7 Å². The molecule has 0 aromatic carbocycles. The normalized spacial score (nSPS) is 14.1. The average Bonchev–Trinajstić information content (AvgIpc) is 0.916. The molecule has 0 saturated carbocycles. The van der Waals surface area contributed by atoms with Crippen LogP contribution in [-0.2, 0) is 65.4 Å². The third-order valence-corrected chi connectivity index (χ3v) is 22.0. The van der Waals surface area contributed by atoms with Crippen LogP contribution in [-0.4, -0.2) is 96.7 Å². The Morgan fingerprint density at radius 3 is 0.689 bits per heavy atom. The monoisotopic (exact) mass is 1510 g/mol. The van der Waals surface area contributed by atoms with E-state index in [9.17, 15) is 43.2 Å². The van der Waals surface area contributed by atoms with Gasteiger partial charge in [-0.1, -0.05) is 401 Å². The fourth-order valence-electron chi connectivity index (χ4n) is 13.1. The van der Waals surface area contributed by atoms with E-state index in [0.29, 0.717) is 25.7 Å². The molecule has 0 aromatic rings. The summed E-state index contributed by atoms with van der Waals surface area (Å²) in [5.41, 5.74) is 0. The zero-order valence-corrected chi connectivity index (χ0v) is 69.3. The topological polar surface area (TPSA) is 237 Å². The number of ether oxygens (including phenoxy) is 4. The molecule has 17 nitrogen and oxygen atoms in total. The molecule has 0 aliphatic carbocycles. The largest absolute Gasteiger partial charge is 0.472 e. The Labute approximate surface area is 632 Å². The zero-order chi connectivity index (χ0) is 75.5. The summed E-state index contributed by atoms with van der Waals surface area (Å²) >= 11 is 0. The Balaban J connectivity index is 5.23. The van der Waals surface area contributed by atoms with E-state index in [-0.39, 0.29) is 25.7 Å². The SMILES string of the molecule is CCCCCCCCCCCCCCCCCCCCCCCC(=O)O[C@H](COC(=O)CCCCCCCCCCCCCCCCCCCC)COP(=O)(O)OC[C@@H](O)COP(=O)(O)OC[C@@H](COC(=O)CCCCCCCCCCCCCC)OC(=O)CCCCCCCCCCC(C)CC. The van der Waals surface area contributed by atoms with Crippen molar-refractivity contribution in [1.29, 1.82) is 0 Å². The lowest BCUT2D eigenvalue weighted by Gasteiger charge is -2.21. The minimum absolute atomic E-state index is 0.106. The van der Waals surface area contributed by atoms with Crippen molar-refractivity contribution in [2.24, 2.45) is 5.92 Å². The van der Waals surface area contributed by atoms with Gasteiger partial charge >= 0.3 is 39.5 Å². The molecule has 0 saturated heterocycles. The van der Waals surface area contributed by atoms with Gasteiger partial charge in [-0.3, -0.25) is 37.3 Å². The summed E-state index contributed by atoms with van der Waals surface area (Å²) in [6.07, 6.45) is 69.4. The summed E-state index contributed by atoms with van der Waals surface area (Å²) < 4.78 is 68.8. The van der Waals surface area contributed by atoms with Crippen molar-refractivity contribution in [2.75, 3.05) is 39.6 Å². The molecule has 0 radical (unpaired) electrons. The second-order valence-corrected chi connectivity index (χ2v) is 33.4. The summed E-state index contributed by atoms with van der Waals surface area (Å²) in [6.45, 7) is 7.34. The predicted molar refractivity (Wildman–Crippen MR) is 423 cm³/mol. The van der Waals surface area contributed by atoms with Crippen molar-refractivity contribution < 1.29 is 80.2 Å². The summed E-state index contributed by atoms with van der Waals surface area (Å²) in [4.78, 5) is 73.1. The highest BCUT2D eigenvalue weighted by molar-refractivity contribution is 7.47. The first kappa shape index (κ1) is 101. The van der Waals surface area contributed by atoms with Gasteiger partial charge in [0.15, 0.2) is 12.2 Å². The molecule has 3 N–H and O–H groups in total. The molecule has 0 spiro atoms. The van der Waals surface area contributed by atoms with Crippen LogP contribution >= 0.6 is 15.6 Å². The van der Waals surface area contributed by atoms with Crippen LogP contribution in [0.4, 0.5) is 0 Å². The number of aliphatic hydroxyl groups is 1. The number of carbonyl (C=O) groups is 4. The summed E-state index contributed by atoms with van der Waals surface area (Å²) in [7, 11) is -9.92. The molecule has 0 fully saturated rings. The zero-order valence-electron chi connectivity index (χ0n) is 67.5. The fourth-order valence-corrected chi connectivity index (χ4v) is 14.7. The van der Waals surface area contributed by atoms with E-state index in [4.69, 9.17) is 37.0 Å². The Kier molecular flexibility index (Phi) is 75.4. The number of rotatable bonds is 84. The van der Waals surface area contributed by atoms with Crippen LogP contribution in [0.25, 0.3) is 0 Å². The third-order valence-electron chi connectivity index (χ3n) is 20.1. The number of esters is 4. The Morgan fingerprint density at radius 1 is 0.272 bits per heavy atom. The van der Waals surface area contributed by atoms with Crippen LogP contribution in [0.15, 0.2) is 0 Å². The van der Waals surface area contributed by atoms with Gasteiger partial charge in [-0.05, 0) is 31.6 Å². The van der Waals surface area contributed by atoms with E-state index in [2.05, 4.69) is 34.6 Å². The molecule has 6 atom stereocenters. The van der Waals surface area contributed by atoms with E-state index < -0.39 is 97.5 Å². The van der Waals surface area contributed by atoms with Crippen molar-refractivity contribution in [1.82, 2.24) is 0 Å². The summed E-state index contributed by atoms with van der Waals surface area (Å²) in [5.74, 6) is -1.33. The standard InChI is InChI=1S/C84H164O17P2/c1-6-10-13-16-19-22-25-28-30-32-34-35-36-38-40-42-45-48-54-59-64-69-83(88)100-79(73-94-82(87)68-63-58-53-47-44-41-39-37-33-31-29-26-23-20-17-14-11-7-2)75-98-102(90,91)96-71-78(85)72-97-103(92,93)99-76-80(101-84(89)70-65-60-55-50-49-51-56-61-66-77(5)9-4)74-95-81(86)67-62-57-52-46-43-27-24-21-18-15-12-8-3/h77-80,85H,6-76H2,1-5H3,(H,90,91)(H,92,93)/t77?,78-,79-,80-/m1/s1. The number of phosphoric acid groups is 2. The molecule has 0 bridgehead atoms. The van der Waals surface area contributed by atoms with E-state index in [0.717, 1.165) is 95.8 Å². The van der Waals surface area contributed by atoms with E-state index in [1.165, 1.54) is 276 Å². The van der Waals surface area contributed by atoms with E-state index >= 15 is 0 Å². The van der Waals surface area contributed by atoms with Gasteiger partial charge in [-0.25, -0.2) is 9.13 Å². The van der Waals surface area contributed by atoms with Gasteiger partial charge in [0.05, 0.1) is 26.4 Å². The molecule has 0 aliphatic heterocycles. The number of hydrogen-bond acceptors (Lipinski definition) is 15. The van der Waals surface area contributed by atoms with E-state index in [1.807, 2.05) is 0 Å². The van der Waals surface area contributed by atoms with Crippen molar-refractivity contribution in [2.45, 2.75) is 470 Å². The molecule has 0 heterocycles. The van der Waals surface area contributed by atoms with Crippen LogP contribution in [0, 0.1) is 5.92 Å². The molecular weight excluding hydrogens is 1340 g/mol. The van der Waals surface area contributed by atoms with Crippen LogP contribution in [0.1, 0.15) is 452 Å². The number of hydrogen-bond donors (Lipinski definition) is 3. The molecule has 0 rings (SSSR count). The second-order valence-electron chi connectivity index (χ2n) is 30.5. The molecule has 0 amide bonds. The highest BCUT2D eigenvalue weighted by Gasteiger charge is 2.30. The molecule has 19 heteroatoms. The number of carbonyl (C=O) groups excluding carboxylic acids is 4. The van der Waals surface area contributed by atoms with Crippen LogP contribution < -0.4 is 0 Å². The van der Waals surface area contributed by atoms with Gasteiger partial charge < -0.3 is 33.8 Å². The van der Waals surface area contributed by atoms with Crippen LogP contribution in [0.2, 0.25) is 0 Å². The maximum absolute atomic E-state index is 13.1. The highest BCUT2D eigenvalue weighted by atomic mass is 31.2. The van der Waals surface area contributed by atoms with Crippen molar-refractivity contribution in [3.63, 3.8) is 0 Å². The molecular formula is C84H164O17P2. The van der Waals surface area contributed by atoms with Gasteiger partial charge in [0.2, 0.25) is 0 Å². The molecule has 103 heavy (non-hydrogen) atoms. The molecule has 0 aliphatic rings. The van der Waals surface area contributed by atoms with E-state index in [1.54, 1.807) is 0 Å². The number of aliphatic hydroxyl groups excluding tert-OH is 1. The predicted octanol–water partition coefficient (Wildman–Crippen LogP) is 25.6. The van der Waals surface area contributed by atoms with Gasteiger partial charge in [-0.15, -0.1) is 0 Å². The number of unbranched alkanes of at least 4 members (excludes halogenated alkanes) is 55. The highest BCUT2D eigenvalue weighted by Crippen LogP contribution is 2.45. The van der Waals surface area contributed by atoms with Gasteiger partial charge in [0.25, 0.3) is 0 Å². The molecule has 3 unspecified atom stereocenters. The quantitative estimate of drug-likeness (QED) is 0.0222. The first-order chi connectivity index (χ1) is 50.1. The van der Waals surface area contributed by atoms with Crippen molar-refractivity contribution in [3.05, 3.63) is 0 Å². The third kappa shape index (κ3) is 76.6. The van der Waals surface area contributed by atoms with Gasteiger partial charge in [0.1, 0.15) is 19.3 Å². The Bertz CT molecular complexity index is 1960. The van der Waals surface area contributed by atoms with Crippen LogP contribution in [0.3, 0.4) is 0 Å². The summed E-state index contributed by atoms with van der Waals surface area (Å²) in [5, 5.41) is 10.7. The van der Waals surface area contributed by atoms with Crippen molar-refractivity contribution >= 4 is 39.5 Å². The average molecular weight is 1510 g/mol. The van der Waals surface area contributed by atoms with Crippen LogP contribution in [0.5, 0.6) is 0 Å². The Hall–Kier alpha value is -1.94. The van der Waals surface area contributed by atoms with Crippen molar-refractivity contribution in [3.8, 4) is 0 Å². The first-order valence-electron chi connectivity index (χ1n) is 43.7. The minimum Gasteiger partial charge on any atom is -0.462 e. The number of phosphoric ester groups is 2. The second kappa shape index (κ2) is 76.8. The lowest BCUT2D eigenvalue weighted by atomic mass is 9.99. The maximum atomic E-state index is 13.1. The smallest absolute Gasteiger partial charge is 0.462 e. The van der Waals surface area contributed by atoms with Gasteiger partial charge in [-0.2, -0.15) is 0 Å².